The Kier molecular flexibility index (Phi) is 2.89. The smallest absolute Gasteiger partial charge is 0.317 e. The maximum atomic E-state index is 11.7. The number of nitrogens with zero attached hydrogens (tertiary/aromatic N) is 2. The van der Waals surface area contributed by atoms with Crippen LogP contribution >= 0.6 is 0 Å². The van der Waals surface area contributed by atoms with Gasteiger partial charge in [0.25, 0.3) is 0 Å². The average molecular weight is 259 g/mol. The predicted octanol–water partition coefficient (Wildman–Crippen LogP) is 1.12. The molecule has 3 rings (SSSR count). The molecule has 19 heavy (non-hydrogen) atoms. The number of urea groups is 1. The van der Waals surface area contributed by atoms with Crippen LogP contribution in [0.4, 0.5) is 10.5 Å². The molecule has 3 amide bonds. The van der Waals surface area contributed by atoms with Crippen molar-refractivity contribution in [1.82, 2.24) is 10.2 Å². The number of hydrogen-bond acceptors (Lipinski definition) is 2. The maximum absolute atomic E-state index is 11.7. The van der Waals surface area contributed by atoms with Crippen molar-refractivity contribution >= 4 is 17.6 Å². The van der Waals surface area contributed by atoms with E-state index in [0.717, 1.165) is 36.3 Å². The minimum atomic E-state index is -0.0000529. The van der Waals surface area contributed by atoms with E-state index in [1.54, 1.807) is 16.8 Å². The fraction of sp³-hybridized carbons (Fsp3) is 0.429. The van der Waals surface area contributed by atoms with E-state index < -0.39 is 0 Å². The molecule has 0 spiro atoms. The minimum absolute atomic E-state index is 0.0000529. The molecule has 2 aliphatic heterocycles. The molecule has 0 saturated carbocycles. The van der Waals surface area contributed by atoms with Gasteiger partial charge in [0.2, 0.25) is 5.91 Å². The van der Waals surface area contributed by atoms with Crippen molar-refractivity contribution < 1.29 is 9.59 Å². The summed E-state index contributed by atoms with van der Waals surface area (Å²) in [7, 11) is 1.79. The Morgan fingerprint density at radius 1 is 1.37 bits per heavy atom. The van der Waals surface area contributed by atoms with Gasteiger partial charge in [-0.25, -0.2) is 4.79 Å². The van der Waals surface area contributed by atoms with Gasteiger partial charge in [-0.2, -0.15) is 0 Å². The number of anilines is 1. The first kappa shape index (κ1) is 12.0. The molecule has 100 valence electrons. The Bertz CT molecular complexity index is 537. The molecular weight excluding hydrogens is 242 g/mol. The first-order chi connectivity index (χ1) is 9.15. The van der Waals surface area contributed by atoms with Crippen LogP contribution in [0.2, 0.25) is 0 Å². The van der Waals surface area contributed by atoms with E-state index in [9.17, 15) is 9.59 Å². The summed E-state index contributed by atoms with van der Waals surface area (Å²) in [5.74, 6) is 0.122. The fourth-order valence-corrected chi connectivity index (χ4v) is 2.44. The molecule has 0 unspecified atom stereocenters. The van der Waals surface area contributed by atoms with E-state index in [1.807, 2.05) is 18.2 Å². The van der Waals surface area contributed by atoms with E-state index in [1.165, 1.54) is 0 Å². The molecular formula is C14H17N3O2. The predicted molar refractivity (Wildman–Crippen MR) is 72.0 cm³/mol. The lowest BCUT2D eigenvalue weighted by Gasteiger charge is -2.30. The Hall–Kier alpha value is -2.04. The van der Waals surface area contributed by atoms with Crippen LogP contribution < -0.4 is 10.2 Å². The van der Waals surface area contributed by atoms with Crippen LogP contribution in [0.1, 0.15) is 17.5 Å². The van der Waals surface area contributed by atoms with Gasteiger partial charge >= 0.3 is 6.03 Å². The monoisotopic (exact) mass is 259 g/mol. The number of carbonyl (C=O) groups excluding carboxylic acids is 2. The third kappa shape index (κ3) is 2.16. The van der Waals surface area contributed by atoms with Gasteiger partial charge in [0.1, 0.15) is 0 Å². The van der Waals surface area contributed by atoms with Gasteiger partial charge in [-0.05, 0) is 23.6 Å². The number of amides is 3. The van der Waals surface area contributed by atoms with Crippen molar-refractivity contribution in [2.24, 2.45) is 0 Å². The van der Waals surface area contributed by atoms with Crippen molar-refractivity contribution in [1.29, 1.82) is 0 Å². The van der Waals surface area contributed by atoms with Crippen LogP contribution in [0.15, 0.2) is 18.2 Å². The molecule has 2 heterocycles. The number of benzene rings is 1. The normalized spacial score (nSPS) is 17.2. The molecule has 5 nitrogen and oxygen atoms in total. The molecule has 1 fully saturated rings. The van der Waals surface area contributed by atoms with Crippen LogP contribution in [0.25, 0.3) is 0 Å². The van der Waals surface area contributed by atoms with Crippen LogP contribution in [0, 0.1) is 0 Å². The molecule has 1 aromatic carbocycles. The number of fused-ring (bicyclic) bond motifs is 1. The molecule has 2 aliphatic rings. The molecule has 0 aromatic heterocycles. The Labute approximate surface area is 112 Å². The summed E-state index contributed by atoms with van der Waals surface area (Å²) in [6, 6.07) is 5.92. The van der Waals surface area contributed by atoms with Crippen molar-refractivity contribution in [3.63, 3.8) is 0 Å². The quantitative estimate of drug-likeness (QED) is 0.865. The van der Waals surface area contributed by atoms with Crippen LogP contribution in [-0.2, 0) is 17.8 Å². The summed E-state index contributed by atoms with van der Waals surface area (Å²) in [5, 5.41) is 2.90. The highest BCUT2D eigenvalue weighted by Crippen LogP contribution is 2.28. The SMILES string of the molecule is CN1C(=O)Cc2cc(CNC(=O)N3CCC3)ccc21. The van der Waals surface area contributed by atoms with Crippen LogP contribution in [0.5, 0.6) is 0 Å². The summed E-state index contributed by atoms with van der Waals surface area (Å²) in [6.07, 6.45) is 1.56. The van der Waals surface area contributed by atoms with Gasteiger partial charge in [-0.3, -0.25) is 4.79 Å². The van der Waals surface area contributed by atoms with Gasteiger partial charge in [-0.1, -0.05) is 12.1 Å². The van der Waals surface area contributed by atoms with Gasteiger partial charge in [0.15, 0.2) is 0 Å². The minimum Gasteiger partial charge on any atom is -0.334 e. The van der Waals surface area contributed by atoms with Gasteiger partial charge in [-0.15, -0.1) is 0 Å². The number of rotatable bonds is 2. The molecule has 0 bridgehead atoms. The van der Waals surface area contributed by atoms with Gasteiger partial charge in [0.05, 0.1) is 6.42 Å². The van der Waals surface area contributed by atoms with Crippen LogP contribution in [-0.4, -0.2) is 37.0 Å². The molecule has 1 saturated heterocycles. The third-order valence-electron chi connectivity index (χ3n) is 3.81. The number of nitrogens with one attached hydrogen (secondary N) is 1. The van der Waals surface area contributed by atoms with Crippen molar-refractivity contribution in [2.45, 2.75) is 19.4 Å². The highest BCUT2D eigenvalue weighted by atomic mass is 16.2. The number of carbonyl (C=O) groups is 2. The lowest BCUT2D eigenvalue weighted by atomic mass is 10.1. The number of likely N-dealkylation sites (N-methyl/N-ethyl adjacent to an activating group) is 1. The van der Waals surface area contributed by atoms with Gasteiger partial charge < -0.3 is 15.1 Å². The number of hydrogen-bond donors (Lipinski definition) is 1. The molecule has 0 aliphatic carbocycles. The summed E-state index contributed by atoms with van der Waals surface area (Å²) in [4.78, 5) is 26.8. The second-order valence-corrected chi connectivity index (χ2v) is 5.09. The second-order valence-electron chi connectivity index (χ2n) is 5.09. The van der Waals surface area contributed by atoms with E-state index in [4.69, 9.17) is 0 Å². The van der Waals surface area contributed by atoms with Crippen molar-refractivity contribution in [2.75, 3.05) is 25.0 Å². The Morgan fingerprint density at radius 2 is 2.16 bits per heavy atom. The summed E-state index contributed by atoms with van der Waals surface area (Å²) < 4.78 is 0. The molecule has 0 radical (unpaired) electrons. The summed E-state index contributed by atoms with van der Waals surface area (Å²) >= 11 is 0. The van der Waals surface area contributed by atoms with E-state index >= 15 is 0 Å². The fourth-order valence-electron chi connectivity index (χ4n) is 2.44. The van der Waals surface area contributed by atoms with E-state index in [2.05, 4.69) is 5.32 Å². The largest absolute Gasteiger partial charge is 0.334 e. The second kappa shape index (κ2) is 4.57. The van der Waals surface area contributed by atoms with Crippen molar-refractivity contribution in [3.05, 3.63) is 29.3 Å². The topological polar surface area (TPSA) is 52.7 Å². The lowest BCUT2D eigenvalue weighted by Crippen LogP contribution is -2.47. The molecule has 0 atom stereocenters. The Morgan fingerprint density at radius 3 is 2.84 bits per heavy atom. The number of likely N-dealkylation sites (tertiary alicyclic amines) is 1. The van der Waals surface area contributed by atoms with E-state index in [-0.39, 0.29) is 11.9 Å². The Balaban J connectivity index is 1.65. The first-order valence-electron chi connectivity index (χ1n) is 6.56. The highest BCUT2D eigenvalue weighted by Gasteiger charge is 2.24. The third-order valence-corrected chi connectivity index (χ3v) is 3.81. The average Bonchev–Trinajstić information content (AvgIpc) is 2.60. The lowest BCUT2D eigenvalue weighted by molar-refractivity contribution is -0.117. The van der Waals surface area contributed by atoms with Gasteiger partial charge in [0, 0.05) is 32.4 Å². The maximum Gasteiger partial charge on any atom is 0.317 e. The zero-order valence-electron chi connectivity index (χ0n) is 11.0. The van der Waals surface area contributed by atoms with Crippen molar-refractivity contribution in [3.8, 4) is 0 Å². The molecule has 5 heteroatoms. The summed E-state index contributed by atoms with van der Waals surface area (Å²) in [6.45, 7) is 2.23. The highest BCUT2D eigenvalue weighted by molar-refractivity contribution is 6.00. The zero-order chi connectivity index (χ0) is 13.4. The first-order valence-corrected chi connectivity index (χ1v) is 6.56. The summed E-state index contributed by atoms with van der Waals surface area (Å²) in [5.41, 5.74) is 3.06. The van der Waals surface area contributed by atoms with E-state index in [0.29, 0.717) is 13.0 Å². The van der Waals surface area contributed by atoms with Crippen LogP contribution in [0.3, 0.4) is 0 Å². The standard InChI is InChI=1S/C14H17N3O2/c1-16-12-4-3-10(7-11(12)8-13(16)18)9-15-14(19)17-5-2-6-17/h3-4,7H,2,5-6,8-9H2,1H3,(H,15,19). The molecule has 1 aromatic rings. The zero-order valence-corrected chi connectivity index (χ0v) is 11.0. The molecule has 1 N–H and O–H groups in total.